The monoisotopic (exact) mass is 429 g/mol. The van der Waals surface area contributed by atoms with Crippen LogP contribution in [-0.4, -0.2) is 25.9 Å². The second-order valence-electron chi connectivity index (χ2n) is 4.41. The normalized spacial score (nSPS) is 11.6. The summed E-state index contributed by atoms with van der Waals surface area (Å²) >= 11 is 0. The maximum atomic E-state index is 10.2. The van der Waals surface area contributed by atoms with Crippen molar-refractivity contribution in [1.82, 2.24) is 0 Å². The first-order valence-corrected chi connectivity index (χ1v) is 9.48. The average Bonchev–Trinajstić information content (AvgIpc) is 2.52. The summed E-state index contributed by atoms with van der Waals surface area (Å²) in [5.74, 6) is 0. The molecule has 0 saturated carbocycles. The molecule has 0 aliphatic carbocycles. The van der Waals surface area contributed by atoms with E-state index >= 15 is 0 Å². The van der Waals surface area contributed by atoms with E-state index in [0.29, 0.717) is 21.9 Å². The summed E-state index contributed by atoms with van der Waals surface area (Å²) in [5.41, 5.74) is 1.38. The van der Waals surface area contributed by atoms with Gasteiger partial charge in [-0.05, 0) is 23.3 Å². The first-order chi connectivity index (χ1) is 11.2. The molecular weight excluding hydrogens is 416 g/mol. The van der Waals surface area contributed by atoms with Crippen LogP contribution in [0.15, 0.2) is 71.5 Å². The molecule has 0 spiro atoms. The van der Waals surface area contributed by atoms with Crippen LogP contribution < -0.4 is 0 Å². The maximum absolute atomic E-state index is 10.2. The van der Waals surface area contributed by atoms with Crippen molar-refractivity contribution in [3.05, 3.63) is 82.6 Å². The van der Waals surface area contributed by atoms with E-state index in [1.165, 1.54) is 12.2 Å². The largest absolute Gasteiger partial charge is 2.00 e. The Labute approximate surface area is 157 Å². The summed E-state index contributed by atoms with van der Waals surface area (Å²) in [5, 5.41) is 1.28. The number of rotatable bonds is 4. The number of hydrogen-bond acceptors (Lipinski definition) is 6. The molecule has 0 saturated heterocycles. The molecule has 0 aromatic heterocycles. The van der Waals surface area contributed by atoms with Crippen LogP contribution in [0.5, 0.6) is 0 Å². The van der Waals surface area contributed by atoms with Gasteiger partial charge in [0.15, 0.2) is 0 Å². The summed E-state index contributed by atoms with van der Waals surface area (Å²) in [6.45, 7) is 0. The van der Waals surface area contributed by atoms with Crippen LogP contribution in [0.3, 0.4) is 0 Å². The summed E-state index contributed by atoms with van der Waals surface area (Å²) in [6.07, 6.45) is 2.53. The minimum absolute atomic E-state index is 0. The van der Waals surface area contributed by atoms with Crippen molar-refractivity contribution in [3.8, 4) is 0 Å². The van der Waals surface area contributed by atoms with Crippen LogP contribution in [0.1, 0.15) is 11.1 Å². The molecule has 1 radical (unpaired) electrons. The molecule has 0 aliphatic heterocycles. The second-order valence-corrected chi connectivity index (χ2v) is 6.93. The van der Waals surface area contributed by atoms with Gasteiger partial charge in [-0.1, -0.05) is 60.7 Å². The van der Waals surface area contributed by atoms with Gasteiger partial charge in [-0.25, -0.2) is 16.8 Å². The molecule has 0 unspecified atom stereocenters. The van der Waals surface area contributed by atoms with Crippen molar-refractivity contribution in [2.75, 3.05) is 0 Å². The van der Waals surface area contributed by atoms with Crippen molar-refractivity contribution in [2.24, 2.45) is 0 Å². The van der Waals surface area contributed by atoms with Crippen molar-refractivity contribution < 1.29 is 43.0 Å². The first kappa shape index (κ1) is 23.3. The van der Waals surface area contributed by atoms with Gasteiger partial charge in [-0.15, -0.1) is 0 Å². The molecule has 137 valence electrons. The molecule has 6 nitrogen and oxygen atoms in total. The van der Waals surface area contributed by atoms with Gasteiger partial charge in [0.05, 0.1) is 0 Å². The predicted molar refractivity (Wildman–Crippen MR) is 90.3 cm³/mol. The van der Waals surface area contributed by atoms with E-state index in [9.17, 15) is 25.9 Å². The quantitative estimate of drug-likeness (QED) is 0.544. The van der Waals surface area contributed by atoms with E-state index < -0.39 is 20.2 Å². The molecule has 2 aromatic carbocycles. The van der Waals surface area contributed by atoms with Crippen LogP contribution in [0.4, 0.5) is 0 Å². The Kier molecular flexibility index (Phi) is 10.2. The summed E-state index contributed by atoms with van der Waals surface area (Å²) in [7, 11) is -8.51. The molecule has 2 aromatic rings. The second kappa shape index (κ2) is 11.0. The summed E-state index contributed by atoms with van der Waals surface area (Å²) < 4.78 is 61.0. The fourth-order valence-electron chi connectivity index (χ4n) is 1.45. The standard InChI is InChI=1S/2C8H8O3S.Cu/c2*9-12(10,11)7-6-8-4-2-1-3-5-8;/h2*1-7H,(H,9,10,11);/q;;+2/p-2. The molecular formula is C16H14CuO6S2. The van der Waals surface area contributed by atoms with E-state index in [1.54, 1.807) is 48.5 Å². The van der Waals surface area contributed by atoms with Crippen molar-refractivity contribution in [1.29, 1.82) is 0 Å². The molecule has 0 bridgehead atoms. The Balaban J connectivity index is 0.000000443. The summed E-state index contributed by atoms with van der Waals surface area (Å²) in [6, 6.07) is 17.5. The predicted octanol–water partition coefficient (Wildman–Crippen LogP) is 2.40. The molecule has 0 amide bonds. The van der Waals surface area contributed by atoms with Crippen molar-refractivity contribution >= 4 is 32.4 Å². The van der Waals surface area contributed by atoms with Gasteiger partial charge < -0.3 is 9.11 Å². The third-order valence-electron chi connectivity index (χ3n) is 2.45. The third kappa shape index (κ3) is 13.2. The van der Waals surface area contributed by atoms with Gasteiger partial charge in [0.25, 0.3) is 0 Å². The number of benzene rings is 2. The number of hydrogen-bond donors (Lipinski definition) is 0. The van der Waals surface area contributed by atoms with Gasteiger partial charge in [-0.3, -0.25) is 0 Å². The van der Waals surface area contributed by atoms with Crippen molar-refractivity contribution in [2.45, 2.75) is 0 Å². The van der Waals surface area contributed by atoms with Crippen LogP contribution in [0, 0.1) is 0 Å². The Hall–Kier alpha value is -1.74. The van der Waals surface area contributed by atoms with Gasteiger partial charge in [0, 0.05) is 10.8 Å². The Morgan fingerprint density at radius 3 is 1.12 bits per heavy atom. The zero-order valence-corrected chi connectivity index (χ0v) is 15.2. The van der Waals surface area contributed by atoms with Crippen LogP contribution >= 0.6 is 0 Å². The summed E-state index contributed by atoms with van der Waals surface area (Å²) in [4.78, 5) is 0. The van der Waals surface area contributed by atoms with Gasteiger partial charge in [0.1, 0.15) is 20.2 Å². The molecule has 0 N–H and O–H groups in total. The molecule has 25 heavy (non-hydrogen) atoms. The minimum Gasteiger partial charge on any atom is -0.744 e. The SMILES string of the molecule is O=S(=O)([O-])C=Cc1ccccc1.O=S(=O)([O-])C=Cc1ccccc1.[Cu+2]. The van der Waals surface area contributed by atoms with Crippen LogP contribution in [0.2, 0.25) is 0 Å². The molecule has 9 heteroatoms. The zero-order valence-electron chi connectivity index (χ0n) is 12.7. The van der Waals surface area contributed by atoms with Gasteiger partial charge in [0.2, 0.25) is 0 Å². The van der Waals surface area contributed by atoms with E-state index in [4.69, 9.17) is 0 Å². The van der Waals surface area contributed by atoms with Gasteiger partial charge in [-0.2, -0.15) is 0 Å². The van der Waals surface area contributed by atoms with Crippen molar-refractivity contribution in [3.63, 3.8) is 0 Å². The van der Waals surface area contributed by atoms with Crippen LogP contribution in [0.25, 0.3) is 12.2 Å². The van der Waals surface area contributed by atoms with E-state index in [2.05, 4.69) is 0 Å². The third-order valence-corrected chi connectivity index (χ3v) is 3.39. The minimum atomic E-state index is -4.25. The van der Waals surface area contributed by atoms with E-state index in [0.717, 1.165) is 0 Å². The molecule has 0 atom stereocenters. The molecule has 0 fully saturated rings. The van der Waals surface area contributed by atoms with Gasteiger partial charge >= 0.3 is 17.1 Å². The fourth-order valence-corrected chi connectivity index (χ4v) is 2.10. The Morgan fingerprint density at radius 1 is 0.600 bits per heavy atom. The fraction of sp³-hybridized carbons (Fsp3) is 0. The topological polar surface area (TPSA) is 114 Å². The Bertz CT molecular complexity index is 813. The average molecular weight is 430 g/mol. The Morgan fingerprint density at radius 2 is 0.880 bits per heavy atom. The first-order valence-electron chi connectivity index (χ1n) is 6.54. The smallest absolute Gasteiger partial charge is 0.744 e. The molecule has 0 aliphatic rings. The molecule has 0 heterocycles. The van der Waals surface area contributed by atoms with Crippen LogP contribution in [-0.2, 0) is 37.3 Å². The molecule has 2 rings (SSSR count). The maximum Gasteiger partial charge on any atom is 2.00 e. The van der Waals surface area contributed by atoms with E-state index in [-0.39, 0.29) is 17.1 Å². The van der Waals surface area contributed by atoms with E-state index in [1.807, 2.05) is 12.1 Å². The zero-order chi connectivity index (χ0) is 18.1.